The van der Waals surface area contributed by atoms with Crippen LogP contribution in [-0.4, -0.2) is 14.4 Å². The maximum absolute atomic E-state index is 13.0. The minimum absolute atomic E-state index is 0.0413. The summed E-state index contributed by atoms with van der Waals surface area (Å²) in [6.45, 7) is 2.17. The first kappa shape index (κ1) is 21.5. The third-order valence-corrected chi connectivity index (χ3v) is 5.27. The first-order valence-electron chi connectivity index (χ1n) is 8.97. The summed E-state index contributed by atoms with van der Waals surface area (Å²) < 4.78 is 52.9. The molecule has 0 saturated heterocycles. The first-order valence-corrected chi connectivity index (χ1v) is 10.1. The lowest BCUT2D eigenvalue weighted by atomic mass is 10.2. The molecule has 0 atom stereocenters. The number of nitrogens with zero attached hydrogens (tertiary/aromatic N) is 3. The van der Waals surface area contributed by atoms with Gasteiger partial charge in [-0.3, -0.25) is 4.40 Å². The molecule has 31 heavy (non-hydrogen) atoms. The highest BCUT2D eigenvalue weighted by atomic mass is 79.9. The molecule has 160 valence electrons. The van der Waals surface area contributed by atoms with E-state index in [1.54, 1.807) is 36.5 Å². The van der Waals surface area contributed by atoms with Crippen LogP contribution in [0.25, 0.3) is 5.78 Å². The lowest BCUT2D eigenvalue weighted by Gasteiger charge is -2.12. The minimum atomic E-state index is -4.56. The zero-order valence-electron chi connectivity index (χ0n) is 16.0. The lowest BCUT2D eigenvalue weighted by molar-refractivity contribution is -0.137. The summed E-state index contributed by atoms with van der Waals surface area (Å²) in [5, 5.41) is -0.378. The van der Waals surface area contributed by atoms with Gasteiger partial charge in [0.05, 0.1) is 16.8 Å². The largest absolute Gasteiger partial charge is 0.473 e. The number of hydrogen-bond donors (Lipinski definition) is 0. The van der Waals surface area contributed by atoms with Gasteiger partial charge in [-0.05, 0) is 58.7 Å². The summed E-state index contributed by atoms with van der Waals surface area (Å²) in [7, 11) is 0. The summed E-state index contributed by atoms with van der Waals surface area (Å²) in [5.41, 5.74) is 0.804. The van der Waals surface area contributed by atoms with E-state index in [-0.39, 0.29) is 17.4 Å². The lowest BCUT2D eigenvalue weighted by Crippen LogP contribution is -2.05. The molecular weight excluding hydrogens is 499 g/mol. The van der Waals surface area contributed by atoms with Gasteiger partial charge < -0.3 is 9.47 Å². The van der Waals surface area contributed by atoms with Crippen molar-refractivity contribution in [2.24, 2.45) is 0 Å². The molecule has 2 aromatic heterocycles. The number of benzene rings is 2. The van der Waals surface area contributed by atoms with Gasteiger partial charge in [0.25, 0.3) is 0 Å². The second-order valence-electron chi connectivity index (χ2n) is 6.63. The van der Waals surface area contributed by atoms with Crippen LogP contribution < -0.4 is 9.47 Å². The van der Waals surface area contributed by atoms with Gasteiger partial charge in [0.2, 0.25) is 11.7 Å². The van der Waals surface area contributed by atoms with Crippen LogP contribution in [0.5, 0.6) is 17.4 Å². The molecule has 0 amide bonds. The highest BCUT2D eigenvalue weighted by Gasteiger charge is 2.33. The summed E-state index contributed by atoms with van der Waals surface area (Å²) >= 11 is 9.04. The Morgan fingerprint density at radius 3 is 2.48 bits per heavy atom. The van der Waals surface area contributed by atoms with E-state index in [0.29, 0.717) is 17.4 Å². The van der Waals surface area contributed by atoms with Crippen molar-refractivity contribution in [3.8, 4) is 17.4 Å². The second-order valence-corrected chi connectivity index (χ2v) is 7.85. The highest BCUT2D eigenvalue weighted by molar-refractivity contribution is 9.10. The van der Waals surface area contributed by atoms with Crippen molar-refractivity contribution in [1.29, 1.82) is 0 Å². The molecular formula is C21H14BrClF3N3O2. The van der Waals surface area contributed by atoms with Crippen LogP contribution in [0.4, 0.5) is 13.2 Å². The first-order chi connectivity index (χ1) is 14.7. The van der Waals surface area contributed by atoms with Gasteiger partial charge in [-0.25, -0.2) is 4.98 Å². The van der Waals surface area contributed by atoms with Gasteiger partial charge in [-0.2, -0.15) is 18.2 Å². The Bertz CT molecular complexity index is 1240. The average Bonchev–Trinajstić information content (AvgIpc) is 3.09. The van der Waals surface area contributed by atoms with Crippen molar-refractivity contribution in [3.05, 3.63) is 81.2 Å². The maximum atomic E-state index is 13.0. The van der Waals surface area contributed by atoms with Crippen LogP contribution in [0, 0.1) is 6.92 Å². The normalized spacial score (nSPS) is 11.7. The SMILES string of the molecule is Cc1cc(OCc2ccc(Oc3ccc(Cl)c(C(F)(F)F)c3)cc2)nc2ncc(Br)n12. The van der Waals surface area contributed by atoms with Crippen molar-refractivity contribution in [2.45, 2.75) is 19.7 Å². The van der Waals surface area contributed by atoms with E-state index in [2.05, 4.69) is 25.9 Å². The van der Waals surface area contributed by atoms with Crippen LogP contribution in [0.3, 0.4) is 0 Å². The molecule has 0 saturated carbocycles. The molecule has 5 nitrogen and oxygen atoms in total. The number of hydrogen-bond acceptors (Lipinski definition) is 4. The number of ether oxygens (including phenoxy) is 2. The van der Waals surface area contributed by atoms with E-state index < -0.39 is 11.7 Å². The molecule has 2 aromatic carbocycles. The van der Waals surface area contributed by atoms with Gasteiger partial charge in [-0.15, -0.1) is 0 Å². The Morgan fingerprint density at radius 1 is 1.06 bits per heavy atom. The molecule has 0 radical (unpaired) electrons. The summed E-state index contributed by atoms with van der Waals surface area (Å²) in [5.74, 6) is 1.38. The van der Waals surface area contributed by atoms with Gasteiger partial charge >= 0.3 is 6.18 Å². The van der Waals surface area contributed by atoms with E-state index in [1.807, 2.05) is 11.3 Å². The molecule has 0 spiro atoms. The van der Waals surface area contributed by atoms with Crippen LogP contribution in [0.15, 0.2) is 59.3 Å². The number of halogens is 5. The Morgan fingerprint density at radius 2 is 1.77 bits per heavy atom. The molecule has 0 fully saturated rings. The van der Waals surface area contributed by atoms with Crippen LogP contribution in [-0.2, 0) is 12.8 Å². The standard InChI is InChI=1S/C21H14BrClF3N3O2/c1-12-8-19(28-20-27-10-18(22)29(12)20)30-11-13-2-4-14(5-3-13)31-15-6-7-17(23)16(9-15)21(24,25)26/h2-10H,11H2,1H3. The Hall–Kier alpha value is -2.78. The van der Waals surface area contributed by atoms with Gasteiger partial charge in [0.15, 0.2) is 0 Å². The molecule has 0 aliphatic heterocycles. The zero-order valence-corrected chi connectivity index (χ0v) is 18.3. The Balaban J connectivity index is 1.43. The molecule has 0 bridgehead atoms. The quantitative estimate of drug-likeness (QED) is 0.294. The van der Waals surface area contributed by atoms with Crippen molar-refractivity contribution in [3.63, 3.8) is 0 Å². The molecule has 0 unspecified atom stereocenters. The van der Waals surface area contributed by atoms with Gasteiger partial charge in [-0.1, -0.05) is 23.7 Å². The number of fused-ring (bicyclic) bond motifs is 1. The van der Waals surface area contributed by atoms with Crippen molar-refractivity contribution in [1.82, 2.24) is 14.4 Å². The predicted octanol–water partition coefficient (Wildman–Crippen LogP) is 6.84. The van der Waals surface area contributed by atoms with E-state index in [9.17, 15) is 13.2 Å². The fourth-order valence-corrected chi connectivity index (χ4v) is 3.67. The van der Waals surface area contributed by atoms with E-state index >= 15 is 0 Å². The molecule has 2 heterocycles. The van der Waals surface area contributed by atoms with E-state index in [4.69, 9.17) is 21.1 Å². The Labute approximate surface area is 188 Å². The highest BCUT2D eigenvalue weighted by Crippen LogP contribution is 2.37. The number of imidazole rings is 1. The molecule has 4 rings (SSSR count). The van der Waals surface area contributed by atoms with E-state index in [1.165, 1.54) is 6.07 Å². The predicted molar refractivity (Wildman–Crippen MR) is 113 cm³/mol. The number of rotatable bonds is 5. The topological polar surface area (TPSA) is 48.7 Å². The minimum Gasteiger partial charge on any atom is -0.473 e. The van der Waals surface area contributed by atoms with Gasteiger partial charge in [0, 0.05) is 11.8 Å². The van der Waals surface area contributed by atoms with Crippen molar-refractivity contribution < 1.29 is 22.6 Å². The van der Waals surface area contributed by atoms with Gasteiger partial charge in [0.1, 0.15) is 22.7 Å². The number of alkyl halides is 3. The van der Waals surface area contributed by atoms with Crippen molar-refractivity contribution in [2.75, 3.05) is 0 Å². The molecule has 4 aromatic rings. The van der Waals surface area contributed by atoms with Crippen LogP contribution in [0.1, 0.15) is 16.8 Å². The molecule has 0 aliphatic carbocycles. The smallest absolute Gasteiger partial charge is 0.417 e. The zero-order chi connectivity index (χ0) is 22.2. The maximum Gasteiger partial charge on any atom is 0.417 e. The second kappa shape index (κ2) is 8.39. The van der Waals surface area contributed by atoms with E-state index in [0.717, 1.165) is 28.0 Å². The molecule has 10 heteroatoms. The summed E-state index contributed by atoms with van der Waals surface area (Å²) in [6, 6.07) is 12.0. The monoisotopic (exact) mass is 511 g/mol. The number of aromatic nitrogens is 3. The fraction of sp³-hybridized carbons (Fsp3) is 0.143. The molecule has 0 aliphatic rings. The average molecular weight is 513 g/mol. The summed E-state index contributed by atoms with van der Waals surface area (Å²) in [4.78, 5) is 8.56. The number of aryl methyl sites for hydroxylation is 1. The third-order valence-electron chi connectivity index (χ3n) is 4.38. The van der Waals surface area contributed by atoms with Crippen molar-refractivity contribution >= 4 is 33.3 Å². The van der Waals surface area contributed by atoms with Crippen LogP contribution >= 0.6 is 27.5 Å². The summed E-state index contributed by atoms with van der Waals surface area (Å²) in [6.07, 6.45) is -2.89. The fourth-order valence-electron chi connectivity index (χ4n) is 2.91. The Kier molecular flexibility index (Phi) is 5.81. The van der Waals surface area contributed by atoms with Crippen LogP contribution in [0.2, 0.25) is 5.02 Å². The third kappa shape index (κ3) is 4.77. The molecule has 0 N–H and O–H groups in total.